The van der Waals surface area contributed by atoms with Crippen LogP contribution in [0.15, 0.2) is 60.7 Å². The quantitative estimate of drug-likeness (QED) is 0.574. The molecule has 3 aromatic rings. The van der Waals surface area contributed by atoms with Crippen molar-refractivity contribution in [2.75, 3.05) is 13.2 Å². The van der Waals surface area contributed by atoms with E-state index in [0.717, 1.165) is 5.69 Å². The first-order valence-corrected chi connectivity index (χ1v) is 9.32. The third-order valence-corrected chi connectivity index (χ3v) is 4.43. The first-order valence-electron chi connectivity index (χ1n) is 8.94. The van der Waals surface area contributed by atoms with Gasteiger partial charge >= 0.3 is 5.97 Å². The van der Waals surface area contributed by atoms with Gasteiger partial charge in [-0.05, 0) is 31.2 Å². The van der Waals surface area contributed by atoms with Crippen LogP contribution in [0.25, 0.3) is 5.69 Å². The molecule has 0 fully saturated rings. The Morgan fingerprint density at radius 3 is 2.41 bits per heavy atom. The first kappa shape index (κ1) is 20.4. The molecule has 7 nitrogen and oxygen atoms in total. The summed E-state index contributed by atoms with van der Waals surface area (Å²) in [5, 5.41) is 7.23. The van der Waals surface area contributed by atoms with Crippen LogP contribution in [0.5, 0.6) is 5.75 Å². The highest BCUT2D eigenvalue weighted by molar-refractivity contribution is 6.30. The number of rotatable bonds is 8. The van der Waals surface area contributed by atoms with Crippen LogP contribution in [-0.2, 0) is 20.9 Å². The van der Waals surface area contributed by atoms with E-state index in [9.17, 15) is 9.59 Å². The van der Waals surface area contributed by atoms with Crippen molar-refractivity contribution < 1.29 is 19.1 Å². The second-order valence-electron chi connectivity index (χ2n) is 6.14. The smallest absolute Gasteiger partial charge is 0.325 e. The lowest BCUT2D eigenvalue weighted by molar-refractivity contribution is -0.145. The van der Waals surface area contributed by atoms with Crippen LogP contribution in [-0.4, -0.2) is 34.8 Å². The van der Waals surface area contributed by atoms with Gasteiger partial charge in [0.15, 0.2) is 6.61 Å². The first-order chi connectivity index (χ1) is 14.0. The zero-order valence-electron chi connectivity index (χ0n) is 15.8. The fourth-order valence-electron chi connectivity index (χ4n) is 2.53. The van der Waals surface area contributed by atoms with E-state index >= 15 is 0 Å². The van der Waals surface area contributed by atoms with Crippen LogP contribution in [0.3, 0.4) is 0 Å². The number of aromatic nitrogens is 2. The van der Waals surface area contributed by atoms with Gasteiger partial charge in [-0.25, -0.2) is 4.68 Å². The molecular weight excluding hydrogens is 394 g/mol. The van der Waals surface area contributed by atoms with E-state index in [-0.39, 0.29) is 19.8 Å². The van der Waals surface area contributed by atoms with Gasteiger partial charge in [-0.2, -0.15) is 5.10 Å². The number of halogens is 1. The summed E-state index contributed by atoms with van der Waals surface area (Å²) in [7, 11) is 0. The number of aryl methyl sites for hydroxylation is 1. The molecule has 2 aromatic carbocycles. The van der Waals surface area contributed by atoms with Crippen LogP contribution >= 0.6 is 11.6 Å². The normalized spacial score (nSPS) is 10.4. The highest BCUT2D eigenvalue weighted by Gasteiger charge is 2.16. The molecule has 0 saturated carbocycles. The molecule has 8 heteroatoms. The Balaban J connectivity index is 1.47. The summed E-state index contributed by atoms with van der Waals surface area (Å²) in [6.07, 6.45) is 0. The van der Waals surface area contributed by atoms with Crippen molar-refractivity contribution >= 4 is 23.5 Å². The van der Waals surface area contributed by atoms with Crippen LogP contribution in [0.1, 0.15) is 11.3 Å². The maximum Gasteiger partial charge on any atom is 0.325 e. The Bertz CT molecular complexity index is 974. The minimum atomic E-state index is -0.582. The average Bonchev–Trinajstić information content (AvgIpc) is 3.04. The number of hydrogen-bond acceptors (Lipinski definition) is 5. The fourth-order valence-corrected chi connectivity index (χ4v) is 2.85. The van der Waals surface area contributed by atoms with E-state index < -0.39 is 11.9 Å². The number of amides is 1. The number of carbonyl (C=O) groups excluding carboxylic acids is 2. The van der Waals surface area contributed by atoms with Crippen molar-refractivity contribution in [3.05, 3.63) is 77.1 Å². The molecule has 0 atom stereocenters. The molecule has 0 aliphatic carbocycles. The predicted molar refractivity (Wildman–Crippen MR) is 108 cm³/mol. The number of esters is 1. The summed E-state index contributed by atoms with van der Waals surface area (Å²) < 4.78 is 12.1. The van der Waals surface area contributed by atoms with Crippen molar-refractivity contribution in [2.45, 2.75) is 13.5 Å². The minimum absolute atomic E-state index is 0.0350. The number of nitrogens with one attached hydrogen (secondary N) is 1. The molecule has 150 valence electrons. The van der Waals surface area contributed by atoms with Gasteiger partial charge in [0, 0.05) is 5.56 Å². The summed E-state index contributed by atoms with van der Waals surface area (Å²) in [6, 6.07) is 18.3. The maximum absolute atomic E-state index is 11.9. The fraction of sp³-hybridized carbons (Fsp3) is 0.190. The molecule has 1 aromatic heterocycles. The van der Waals surface area contributed by atoms with Crippen LogP contribution in [0, 0.1) is 6.92 Å². The van der Waals surface area contributed by atoms with Crippen molar-refractivity contribution in [3.8, 4) is 11.4 Å². The SMILES string of the molecule is Cc1nn(-c2ccccc2)c(Cl)c1COC(=O)CNC(=O)COc1ccccc1. The zero-order valence-corrected chi connectivity index (χ0v) is 16.6. The number of para-hydroxylation sites is 2. The van der Waals surface area contributed by atoms with E-state index in [2.05, 4.69) is 10.4 Å². The van der Waals surface area contributed by atoms with Crippen molar-refractivity contribution in [1.29, 1.82) is 0 Å². The Labute approximate surface area is 173 Å². The predicted octanol–water partition coefficient (Wildman–Crippen LogP) is 3.07. The molecular formula is C21H20ClN3O4. The highest BCUT2D eigenvalue weighted by Crippen LogP contribution is 2.24. The third kappa shape index (κ3) is 5.58. The summed E-state index contributed by atoms with van der Waals surface area (Å²) in [5.74, 6) is -0.427. The van der Waals surface area contributed by atoms with Crippen molar-refractivity contribution in [3.63, 3.8) is 0 Å². The van der Waals surface area contributed by atoms with Gasteiger partial charge in [-0.3, -0.25) is 9.59 Å². The van der Waals surface area contributed by atoms with E-state index in [1.807, 2.05) is 36.4 Å². The van der Waals surface area contributed by atoms with Crippen molar-refractivity contribution in [2.24, 2.45) is 0 Å². The molecule has 0 spiro atoms. The molecule has 0 saturated heterocycles. The van der Waals surface area contributed by atoms with Crippen molar-refractivity contribution in [1.82, 2.24) is 15.1 Å². The lowest BCUT2D eigenvalue weighted by Gasteiger charge is -2.08. The average molecular weight is 414 g/mol. The van der Waals surface area contributed by atoms with Crippen LogP contribution in [0.2, 0.25) is 5.15 Å². The van der Waals surface area contributed by atoms with Gasteiger partial charge < -0.3 is 14.8 Å². The lowest BCUT2D eigenvalue weighted by atomic mass is 10.3. The van der Waals surface area contributed by atoms with Gasteiger partial charge in [-0.1, -0.05) is 48.0 Å². The highest BCUT2D eigenvalue weighted by atomic mass is 35.5. The second-order valence-corrected chi connectivity index (χ2v) is 6.50. The Morgan fingerprint density at radius 1 is 1.07 bits per heavy atom. The molecule has 0 aliphatic rings. The molecule has 0 aliphatic heterocycles. The second kappa shape index (κ2) is 9.75. The maximum atomic E-state index is 11.9. The summed E-state index contributed by atoms with van der Waals surface area (Å²) in [6.45, 7) is 1.30. The zero-order chi connectivity index (χ0) is 20.6. The molecule has 0 radical (unpaired) electrons. The number of nitrogens with zero attached hydrogens (tertiary/aromatic N) is 2. The Kier molecular flexibility index (Phi) is 6.86. The summed E-state index contributed by atoms with van der Waals surface area (Å²) >= 11 is 6.40. The van der Waals surface area contributed by atoms with E-state index in [4.69, 9.17) is 21.1 Å². The molecule has 1 N–H and O–H groups in total. The van der Waals surface area contributed by atoms with E-state index in [0.29, 0.717) is 22.2 Å². The molecule has 3 rings (SSSR count). The summed E-state index contributed by atoms with van der Waals surface area (Å²) in [4.78, 5) is 23.7. The van der Waals surface area contributed by atoms with E-state index in [1.165, 1.54) is 0 Å². The standard InChI is InChI=1S/C21H20ClN3O4/c1-15-18(21(22)25(24-15)16-8-4-2-5-9-16)13-29-20(27)12-23-19(26)14-28-17-10-6-3-7-11-17/h2-11H,12-14H2,1H3,(H,23,26). The molecule has 29 heavy (non-hydrogen) atoms. The van der Waals surface area contributed by atoms with E-state index in [1.54, 1.807) is 35.9 Å². The van der Waals surface area contributed by atoms with Gasteiger partial charge in [0.25, 0.3) is 5.91 Å². The third-order valence-electron chi connectivity index (χ3n) is 4.04. The Hall–Kier alpha value is -3.32. The number of hydrogen-bond donors (Lipinski definition) is 1. The Morgan fingerprint density at radius 2 is 1.72 bits per heavy atom. The van der Waals surface area contributed by atoms with Crippen LogP contribution < -0.4 is 10.1 Å². The van der Waals surface area contributed by atoms with Crippen LogP contribution in [0.4, 0.5) is 0 Å². The topological polar surface area (TPSA) is 82.5 Å². The minimum Gasteiger partial charge on any atom is -0.484 e. The molecule has 1 heterocycles. The van der Waals surface area contributed by atoms with Gasteiger partial charge in [0.1, 0.15) is 24.1 Å². The molecule has 1 amide bonds. The number of benzene rings is 2. The summed E-state index contributed by atoms with van der Waals surface area (Å²) in [5.41, 5.74) is 2.08. The van der Waals surface area contributed by atoms with Gasteiger partial charge in [-0.15, -0.1) is 0 Å². The lowest BCUT2D eigenvalue weighted by Crippen LogP contribution is -2.34. The largest absolute Gasteiger partial charge is 0.484 e. The van der Waals surface area contributed by atoms with Gasteiger partial charge in [0.2, 0.25) is 0 Å². The molecule has 0 bridgehead atoms. The van der Waals surface area contributed by atoms with Gasteiger partial charge in [0.05, 0.1) is 11.4 Å². The molecule has 0 unspecified atom stereocenters. The monoisotopic (exact) mass is 413 g/mol. The number of ether oxygens (including phenoxy) is 2. The number of carbonyl (C=O) groups is 2.